The van der Waals surface area contributed by atoms with Crippen LogP contribution in [0.25, 0.3) is 0 Å². The van der Waals surface area contributed by atoms with Crippen molar-refractivity contribution in [3.8, 4) is 0 Å². The first kappa shape index (κ1) is 17.9. The second-order valence-electron chi connectivity index (χ2n) is 6.17. The van der Waals surface area contributed by atoms with Crippen molar-refractivity contribution < 1.29 is 20.1 Å². The van der Waals surface area contributed by atoms with Gasteiger partial charge >= 0.3 is 0 Å². The van der Waals surface area contributed by atoms with Crippen molar-refractivity contribution in [1.82, 2.24) is 10.2 Å². The van der Waals surface area contributed by atoms with Crippen LogP contribution in [0.5, 0.6) is 0 Å². The van der Waals surface area contributed by atoms with Gasteiger partial charge in [-0.2, -0.15) is 0 Å². The van der Waals surface area contributed by atoms with Crippen molar-refractivity contribution in [3.05, 3.63) is 0 Å². The molecule has 2 saturated heterocycles. The van der Waals surface area contributed by atoms with Crippen molar-refractivity contribution >= 4 is 17.3 Å². The number of unbranched alkanes of at least 4 members (excludes halogenated alkanes) is 5. The molecule has 128 valence electrons. The van der Waals surface area contributed by atoms with Crippen LogP contribution >= 0.6 is 12.2 Å². The van der Waals surface area contributed by atoms with Gasteiger partial charge in [-0.15, -0.1) is 0 Å². The highest BCUT2D eigenvalue weighted by molar-refractivity contribution is 7.80. The minimum absolute atomic E-state index is 0.263. The number of hydrogen-bond donors (Lipinski definition) is 4. The summed E-state index contributed by atoms with van der Waals surface area (Å²) in [5.74, 6) is 0. The molecule has 2 heterocycles. The molecule has 2 fully saturated rings. The molecule has 2 rings (SSSR count). The molecule has 2 aliphatic rings. The molecule has 0 radical (unpaired) electrons. The zero-order valence-corrected chi connectivity index (χ0v) is 14.0. The molecule has 22 heavy (non-hydrogen) atoms. The summed E-state index contributed by atoms with van der Waals surface area (Å²) in [4.78, 5) is 1.69. The fourth-order valence-electron chi connectivity index (χ4n) is 3.13. The molecule has 0 saturated carbocycles. The highest BCUT2D eigenvalue weighted by atomic mass is 32.1. The van der Waals surface area contributed by atoms with E-state index in [-0.39, 0.29) is 6.61 Å². The number of fused-ring (bicyclic) bond motifs is 2. The van der Waals surface area contributed by atoms with Gasteiger partial charge in [0.25, 0.3) is 0 Å². The monoisotopic (exact) mass is 332 g/mol. The highest BCUT2D eigenvalue weighted by Gasteiger charge is 2.53. The number of aliphatic hydroxyl groups is 3. The van der Waals surface area contributed by atoms with Crippen molar-refractivity contribution in [2.24, 2.45) is 0 Å². The molecule has 2 aliphatic heterocycles. The zero-order valence-electron chi connectivity index (χ0n) is 13.1. The van der Waals surface area contributed by atoms with Crippen molar-refractivity contribution in [1.29, 1.82) is 0 Å². The maximum atomic E-state index is 10.0. The van der Waals surface area contributed by atoms with Gasteiger partial charge in [0.2, 0.25) is 0 Å². The number of nitrogens with one attached hydrogen (secondary N) is 1. The lowest BCUT2D eigenvalue weighted by atomic mass is 9.95. The molecule has 4 N–H and O–H groups in total. The van der Waals surface area contributed by atoms with E-state index in [4.69, 9.17) is 17.0 Å². The third-order valence-corrected chi connectivity index (χ3v) is 4.85. The molecule has 0 spiro atoms. The third kappa shape index (κ3) is 3.89. The van der Waals surface area contributed by atoms with Gasteiger partial charge in [0.15, 0.2) is 11.3 Å². The number of nitrogens with zero attached hydrogens (tertiary/aromatic N) is 1. The molecule has 2 bridgehead atoms. The maximum absolute atomic E-state index is 10.0. The average Bonchev–Trinajstić information content (AvgIpc) is 2.92. The Morgan fingerprint density at radius 2 is 1.77 bits per heavy atom. The molecular weight excluding hydrogens is 304 g/mol. The number of thiocarbonyl (C=S) groups is 1. The zero-order chi connectivity index (χ0) is 16.1. The van der Waals surface area contributed by atoms with Gasteiger partial charge in [-0.3, -0.25) is 0 Å². The first-order valence-corrected chi connectivity index (χ1v) is 8.70. The number of aliphatic hydroxyl groups excluding tert-OH is 3. The molecule has 0 aromatic heterocycles. The summed E-state index contributed by atoms with van der Waals surface area (Å²) < 4.78 is 5.46. The summed E-state index contributed by atoms with van der Waals surface area (Å²) in [5.41, 5.74) is 0. The largest absolute Gasteiger partial charge is 0.388 e. The lowest BCUT2D eigenvalue weighted by molar-refractivity contribution is -0.154. The second kappa shape index (κ2) is 8.40. The van der Waals surface area contributed by atoms with Gasteiger partial charge in [-0.25, -0.2) is 0 Å². The topological polar surface area (TPSA) is 85.2 Å². The van der Waals surface area contributed by atoms with Gasteiger partial charge in [0.05, 0.1) is 12.6 Å². The normalized spacial score (nSPS) is 34.0. The lowest BCUT2D eigenvalue weighted by Gasteiger charge is -2.42. The molecule has 0 amide bonds. The molecule has 0 aliphatic carbocycles. The summed E-state index contributed by atoms with van der Waals surface area (Å²) in [7, 11) is 0. The van der Waals surface area contributed by atoms with E-state index in [0.29, 0.717) is 5.11 Å². The molecule has 0 aromatic carbocycles. The van der Waals surface area contributed by atoms with Crippen LogP contribution in [0.3, 0.4) is 0 Å². The van der Waals surface area contributed by atoms with Crippen LogP contribution in [0.4, 0.5) is 0 Å². The van der Waals surface area contributed by atoms with Gasteiger partial charge in [-0.05, 0) is 18.6 Å². The van der Waals surface area contributed by atoms with Crippen LogP contribution in [-0.2, 0) is 4.74 Å². The van der Waals surface area contributed by atoms with Crippen LogP contribution in [0.2, 0.25) is 0 Å². The van der Waals surface area contributed by atoms with E-state index < -0.39 is 30.6 Å². The van der Waals surface area contributed by atoms with Crippen molar-refractivity contribution in [2.75, 3.05) is 13.2 Å². The van der Waals surface area contributed by atoms with Gasteiger partial charge in [-0.1, -0.05) is 39.0 Å². The summed E-state index contributed by atoms with van der Waals surface area (Å²) in [6.07, 6.45) is 3.21. The third-order valence-electron chi connectivity index (χ3n) is 4.50. The lowest BCUT2D eigenvalue weighted by Crippen LogP contribution is -2.65. The first-order chi connectivity index (χ1) is 10.6. The Kier molecular flexibility index (Phi) is 6.83. The Morgan fingerprint density at radius 1 is 1.09 bits per heavy atom. The van der Waals surface area contributed by atoms with E-state index in [1.54, 1.807) is 4.90 Å². The average molecular weight is 332 g/mol. The SMILES string of the molecule is CCCCCCCCNC(=S)N1[C@@H]2OC[C@H]1[C@@H](O)[C@H](O)[C@H]2O. The van der Waals surface area contributed by atoms with Gasteiger partial charge < -0.3 is 30.3 Å². The summed E-state index contributed by atoms with van der Waals surface area (Å²) >= 11 is 5.36. The molecule has 0 aromatic rings. The van der Waals surface area contributed by atoms with E-state index in [2.05, 4.69) is 12.2 Å². The number of ether oxygens (including phenoxy) is 1. The Bertz CT molecular complexity index is 353. The molecule has 7 heteroatoms. The van der Waals surface area contributed by atoms with Crippen LogP contribution in [0.1, 0.15) is 45.4 Å². The van der Waals surface area contributed by atoms with Crippen molar-refractivity contribution in [3.63, 3.8) is 0 Å². The predicted octanol–water partition coefficient (Wildman–Crippen LogP) is 0.345. The van der Waals surface area contributed by atoms with Crippen LogP contribution < -0.4 is 5.32 Å². The fraction of sp³-hybridized carbons (Fsp3) is 0.933. The van der Waals surface area contributed by atoms with Gasteiger partial charge in [0.1, 0.15) is 18.3 Å². The van der Waals surface area contributed by atoms with Crippen LogP contribution in [-0.4, -0.2) is 69.1 Å². The standard InChI is InChI=1S/C15H28N2O4S/c1-2-3-4-5-6-7-8-16-15(22)17-10-9-21-14(17)13(20)12(19)11(10)18/h10-14,18-20H,2-9H2,1H3,(H,16,22)/t10-,11+,12-,13+,14+/m0/s1. The first-order valence-electron chi connectivity index (χ1n) is 8.30. The van der Waals surface area contributed by atoms with Gasteiger partial charge in [0, 0.05) is 6.54 Å². The minimum atomic E-state index is -1.19. The molecule has 5 atom stereocenters. The van der Waals surface area contributed by atoms with Crippen molar-refractivity contribution in [2.45, 2.75) is 76.0 Å². The van der Waals surface area contributed by atoms with E-state index in [9.17, 15) is 15.3 Å². The Morgan fingerprint density at radius 3 is 2.50 bits per heavy atom. The van der Waals surface area contributed by atoms with E-state index in [0.717, 1.165) is 13.0 Å². The number of piperidine rings is 1. The summed E-state index contributed by atoms with van der Waals surface area (Å²) in [5, 5.41) is 33.4. The molecule has 0 unspecified atom stereocenters. The fourth-order valence-corrected chi connectivity index (χ4v) is 3.47. The Labute approximate surface area is 137 Å². The van der Waals surface area contributed by atoms with Crippen LogP contribution in [0, 0.1) is 0 Å². The van der Waals surface area contributed by atoms with E-state index in [1.807, 2.05) is 0 Å². The maximum Gasteiger partial charge on any atom is 0.171 e. The van der Waals surface area contributed by atoms with E-state index >= 15 is 0 Å². The minimum Gasteiger partial charge on any atom is -0.388 e. The number of rotatable bonds is 7. The highest BCUT2D eigenvalue weighted by Crippen LogP contribution is 2.31. The quantitative estimate of drug-likeness (QED) is 0.395. The van der Waals surface area contributed by atoms with Crippen LogP contribution in [0.15, 0.2) is 0 Å². The Hall–Kier alpha value is -0.470. The Balaban J connectivity index is 1.74. The second-order valence-corrected chi connectivity index (χ2v) is 6.56. The molecular formula is C15H28N2O4S. The molecule has 6 nitrogen and oxygen atoms in total. The predicted molar refractivity (Wildman–Crippen MR) is 87.4 cm³/mol. The summed E-state index contributed by atoms with van der Waals surface area (Å²) in [6, 6.07) is -0.395. The smallest absolute Gasteiger partial charge is 0.171 e. The van der Waals surface area contributed by atoms with E-state index in [1.165, 1.54) is 32.1 Å². The number of hydrogen-bond acceptors (Lipinski definition) is 5. The summed E-state index contributed by atoms with van der Waals surface area (Å²) in [6.45, 7) is 3.24.